The van der Waals surface area contributed by atoms with Crippen LogP contribution in [0.15, 0.2) is 6.07 Å². The second-order valence-electron chi connectivity index (χ2n) is 2.57. The first-order valence-electron chi connectivity index (χ1n) is 3.51. The number of hydrogen-bond donors (Lipinski definition) is 2. The van der Waals surface area contributed by atoms with E-state index in [1.165, 1.54) is 0 Å². The average molecular weight is 205 g/mol. The van der Waals surface area contributed by atoms with Crippen LogP contribution in [0, 0.1) is 6.92 Å². The first-order chi connectivity index (χ1) is 5.57. The van der Waals surface area contributed by atoms with Crippen LogP contribution in [-0.2, 0) is 6.54 Å². The van der Waals surface area contributed by atoms with Crippen molar-refractivity contribution in [3.8, 4) is 0 Å². The SMILES string of the molecule is Cc1c(Cl)cc(N)c(CN)c1Cl. The van der Waals surface area contributed by atoms with E-state index in [-0.39, 0.29) is 0 Å². The number of nitrogen functional groups attached to an aromatic ring is 1. The lowest BCUT2D eigenvalue weighted by molar-refractivity contribution is 1.07. The molecule has 0 aliphatic rings. The molecule has 4 N–H and O–H groups in total. The second kappa shape index (κ2) is 3.52. The van der Waals surface area contributed by atoms with E-state index in [1.807, 2.05) is 6.92 Å². The van der Waals surface area contributed by atoms with Crippen molar-refractivity contribution in [2.24, 2.45) is 5.73 Å². The van der Waals surface area contributed by atoms with Gasteiger partial charge in [0.2, 0.25) is 0 Å². The number of benzene rings is 1. The van der Waals surface area contributed by atoms with E-state index in [0.717, 1.165) is 11.1 Å². The molecule has 0 heterocycles. The monoisotopic (exact) mass is 204 g/mol. The van der Waals surface area contributed by atoms with Crippen molar-refractivity contribution in [2.45, 2.75) is 13.5 Å². The Morgan fingerprint density at radius 2 is 2.00 bits per heavy atom. The zero-order valence-corrected chi connectivity index (χ0v) is 8.21. The van der Waals surface area contributed by atoms with Crippen LogP contribution in [0.25, 0.3) is 0 Å². The molecule has 66 valence electrons. The summed E-state index contributed by atoms with van der Waals surface area (Å²) in [6, 6.07) is 1.67. The van der Waals surface area contributed by atoms with Gasteiger partial charge in [-0.15, -0.1) is 0 Å². The van der Waals surface area contributed by atoms with Crippen LogP contribution in [0.5, 0.6) is 0 Å². The highest BCUT2D eigenvalue weighted by Crippen LogP contribution is 2.31. The first-order valence-corrected chi connectivity index (χ1v) is 4.26. The third-order valence-corrected chi connectivity index (χ3v) is 2.69. The van der Waals surface area contributed by atoms with Crippen molar-refractivity contribution in [1.29, 1.82) is 0 Å². The lowest BCUT2D eigenvalue weighted by Gasteiger charge is -2.09. The maximum Gasteiger partial charge on any atom is 0.0515 e. The normalized spacial score (nSPS) is 10.3. The van der Waals surface area contributed by atoms with Gasteiger partial charge in [-0.05, 0) is 18.6 Å². The Kier molecular flexibility index (Phi) is 2.83. The lowest BCUT2D eigenvalue weighted by atomic mass is 10.1. The second-order valence-corrected chi connectivity index (χ2v) is 3.35. The molecule has 4 heteroatoms. The maximum atomic E-state index is 5.96. The van der Waals surface area contributed by atoms with E-state index in [0.29, 0.717) is 22.3 Å². The minimum Gasteiger partial charge on any atom is -0.398 e. The van der Waals surface area contributed by atoms with Gasteiger partial charge in [-0.25, -0.2) is 0 Å². The first kappa shape index (κ1) is 9.65. The summed E-state index contributed by atoms with van der Waals surface area (Å²) in [6.45, 7) is 2.17. The summed E-state index contributed by atoms with van der Waals surface area (Å²) in [5, 5.41) is 1.15. The predicted octanol–water partition coefficient (Wildman–Crippen LogP) is 2.34. The van der Waals surface area contributed by atoms with Crippen molar-refractivity contribution in [1.82, 2.24) is 0 Å². The summed E-state index contributed by atoms with van der Waals surface area (Å²) in [6.07, 6.45) is 0. The van der Waals surface area contributed by atoms with Gasteiger partial charge in [0.25, 0.3) is 0 Å². The Balaban J connectivity index is 3.40. The highest BCUT2D eigenvalue weighted by Gasteiger charge is 2.09. The van der Waals surface area contributed by atoms with E-state index in [4.69, 9.17) is 34.7 Å². The van der Waals surface area contributed by atoms with Crippen molar-refractivity contribution in [3.63, 3.8) is 0 Å². The van der Waals surface area contributed by atoms with Crippen LogP contribution in [0.3, 0.4) is 0 Å². The van der Waals surface area contributed by atoms with Gasteiger partial charge >= 0.3 is 0 Å². The summed E-state index contributed by atoms with van der Waals surface area (Å²) >= 11 is 11.8. The standard InChI is InChI=1S/C8H10Cl2N2/c1-4-6(9)2-7(12)5(3-11)8(4)10/h2H,3,11-12H2,1H3. The molecule has 2 nitrogen and oxygen atoms in total. The number of nitrogens with two attached hydrogens (primary N) is 2. The van der Waals surface area contributed by atoms with Gasteiger partial charge in [-0.1, -0.05) is 23.2 Å². The molecule has 0 amide bonds. The van der Waals surface area contributed by atoms with E-state index >= 15 is 0 Å². The van der Waals surface area contributed by atoms with Crippen molar-refractivity contribution in [2.75, 3.05) is 5.73 Å². The zero-order chi connectivity index (χ0) is 9.30. The molecule has 0 aromatic heterocycles. The highest BCUT2D eigenvalue weighted by atomic mass is 35.5. The third-order valence-electron chi connectivity index (χ3n) is 1.79. The Hall–Kier alpha value is -0.440. The van der Waals surface area contributed by atoms with Gasteiger partial charge in [0.05, 0.1) is 5.02 Å². The molecule has 0 saturated heterocycles. The summed E-state index contributed by atoms with van der Waals surface area (Å²) in [7, 11) is 0. The largest absolute Gasteiger partial charge is 0.398 e. The van der Waals surface area contributed by atoms with Gasteiger partial charge in [0.15, 0.2) is 0 Å². The van der Waals surface area contributed by atoms with E-state index < -0.39 is 0 Å². The van der Waals surface area contributed by atoms with E-state index in [9.17, 15) is 0 Å². The molecular weight excluding hydrogens is 195 g/mol. The van der Waals surface area contributed by atoms with Crippen LogP contribution >= 0.6 is 23.2 Å². The average Bonchev–Trinajstić information content (AvgIpc) is 2.01. The molecule has 0 aliphatic heterocycles. The minimum absolute atomic E-state index is 0.336. The van der Waals surface area contributed by atoms with Crippen LogP contribution < -0.4 is 11.5 Å². The fraction of sp³-hybridized carbons (Fsp3) is 0.250. The summed E-state index contributed by atoms with van der Waals surface area (Å²) in [5.41, 5.74) is 13.3. The van der Waals surface area contributed by atoms with Crippen LogP contribution in [0.2, 0.25) is 10.0 Å². The third kappa shape index (κ3) is 1.51. The number of halogens is 2. The fourth-order valence-corrected chi connectivity index (χ4v) is 1.55. The molecule has 1 aromatic carbocycles. The Labute approximate surface area is 81.4 Å². The summed E-state index contributed by atoms with van der Waals surface area (Å²) in [4.78, 5) is 0. The fourth-order valence-electron chi connectivity index (χ4n) is 0.997. The smallest absolute Gasteiger partial charge is 0.0515 e. The molecule has 1 aromatic rings. The molecule has 0 bridgehead atoms. The molecule has 0 unspecified atom stereocenters. The van der Waals surface area contributed by atoms with Crippen LogP contribution in [-0.4, -0.2) is 0 Å². The molecule has 1 rings (SSSR count). The topological polar surface area (TPSA) is 52.0 Å². The van der Waals surface area contributed by atoms with E-state index in [2.05, 4.69) is 0 Å². The minimum atomic E-state index is 0.336. The number of rotatable bonds is 1. The van der Waals surface area contributed by atoms with Crippen LogP contribution in [0.4, 0.5) is 5.69 Å². The molecule has 0 spiro atoms. The molecule has 0 aliphatic carbocycles. The van der Waals surface area contributed by atoms with Crippen molar-refractivity contribution in [3.05, 3.63) is 27.2 Å². The van der Waals surface area contributed by atoms with E-state index in [1.54, 1.807) is 6.07 Å². The Morgan fingerprint density at radius 1 is 1.42 bits per heavy atom. The summed E-state index contributed by atoms with van der Waals surface area (Å²) in [5.74, 6) is 0. The highest BCUT2D eigenvalue weighted by molar-refractivity contribution is 6.37. The molecule has 0 radical (unpaired) electrons. The number of anilines is 1. The lowest BCUT2D eigenvalue weighted by Crippen LogP contribution is -2.03. The Bertz CT molecular complexity index is 310. The number of hydrogen-bond acceptors (Lipinski definition) is 2. The van der Waals surface area contributed by atoms with Gasteiger partial charge in [-0.3, -0.25) is 0 Å². The predicted molar refractivity (Wildman–Crippen MR) is 53.5 cm³/mol. The molecule has 0 atom stereocenters. The van der Waals surface area contributed by atoms with Gasteiger partial charge in [0, 0.05) is 22.8 Å². The van der Waals surface area contributed by atoms with Crippen molar-refractivity contribution < 1.29 is 0 Å². The summed E-state index contributed by atoms with van der Waals surface area (Å²) < 4.78 is 0. The Morgan fingerprint density at radius 3 is 2.50 bits per heavy atom. The zero-order valence-electron chi connectivity index (χ0n) is 6.70. The van der Waals surface area contributed by atoms with Gasteiger partial charge in [0.1, 0.15) is 0 Å². The molecular formula is C8H10Cl2N2. The maximum absolute atomic E-state index is 5.96. The van der Waals surface area contributed by atoms with Gasteiger partial charge in [-0.2, -0.15) is 0 Å². The molecule has 12 heavy (non-hydrogen) atoms. The van der Waals surface area contributed by atoms with Crippen LogP contribution in [0.1, 0.15) is 11.1 Å². The van der Waals surface area contributed by atoms with Crippen molar-refractivity contribution >= 4 is 28.9 Å². The van der Waals surface area contributed by atoms with Gasteiger partial charge < -0.3 is 11.5 Å². The molecule has 0 saturated carbocycles. The quantitative estimate of drug-likeness (QED) is 0.691. The molecule has 0 fully saturated rings.